The molecule has 10 heteroatoms. The Morgan fingerprint density at radius 3 is 0.818 bits per heavy atom. The predicted molar refractivity (Wildman–Crippen MR) is 64.0 cm³/mol. The molecule has 0 aliphatic rings. The third-order valence-electron chi connectivity index (χ3n) is 1.62. The first-order valence-electron chi connectivity index (χ1n) is 6.23. The summed E-state index contributed by atoms with van der Waals surface area (Å²) in [5, 5.41) is 52.7. The van der Waals surface area contributed by atoms with Crippen molar-refractivity contribution in [3.63, 3.8) is 0 Å². The minimum absolute atomic E-state index is 0. The van der Waals surface area contributed by atoms with Crippen molar-refractivity contribution in [1.29, 1.82) is 0 Å². The second-order valence-electron chi connectivity index (χ2n) is 3.60. The number of carboxylic acid groups (broad SMARTS) is 3. The molecule has 3 N–H and O–H groups in total. The molecule has 0 unspecified atom stereocenters. The number of carbonyl (C=O) groups is 3. The molecular weight excluding hydrogens is 344 g/mol. The Hall–Kier alpha value is -1.19. The van der Waals surface area contributed by atoms with E-state index in [1.165, 1.54) is 0 Å². The summed E-state index contributed by atoms with van der Waals surface area (Å²) in [5.74, 6) is -3.31. The number of carbonyl (C=O) groups excluding carboxylic acids is 3. The Morgan fingerprint density at radius 2 is 0.773 bits per heavy atom. The van der Waals surface area contributed by atoms with E-state index < -0.39 is 17.9 Å². The van der Waals surface area contributed by atoms with Crippen LogP contribution in [0.3, 0.4) is 0 Å². The molecule has 0 aliphatic carbocycles. The average molecular weight is 365 g/mol. The summed E-state index contributed by atoms with van der Waals surface area (Å²) in [6.45, 7) is -0.226. The molecule has 0 spiro atoms. The van der Waals surface area contributed by atoms with Crippen molar-refractivity contribution >= 4 is 17.9 Å². The number of hydrogen-bond acceptors (Lipinski definition) is 9. The standard InChI is InChI=1S/3C4H8O3.Fe/c3*5-3-1-2-4(6)7;/h3*5H,1-3H2,(H,6,7);/q;;;+3/p-3. The van der Waals surface area contributed by atoms with E-state index in [0.717, 1.165) is 0 Å². The number of aliphatic hydroxyl groups is 3. The van der Waals surface area contributed by atoms with Crippen LogP contribution in [0.1, 0.15) is 38.5 Å². The summed E-state index contributed by atoms with van der Waals surface area (Å²) in [6.07, 6.45) is 0.747. The molecule has 0 fully saturated rings. The molecule has 0 heterocycles. The molecule has 0 aromatic heterocycles. The van der Waals surface area contributed by atoms with Crippen molar-refractivity contribution in [2.24, 2.45) is 0 Å². The van der Waals surface area contributed by atoms with Gasteiger partial charge in [0.05, 0.1) is 0 Å². The van der Waals surface area contributed by atoms with Gasteiger partial charge in [0.25, 0.3) is 0 Å². The Kier molecular flexibility index (Phi) is 32.6. The summed E-state index contributed by atoms with van der Waals surface area (Å²) >= 11 is 0. The van der Waals surface area contributed by atoms with E-state index in [4.69, 9.17) is 15.3 Å². The van der Waals surface area contributed by atoms with Gasteiger partial charge in [-0.25, -0.2) is 0 Å². The smallest absolute Gasteiger partial charge is 0.550 e. The fourth-order valence-electron chi connectivity index (χ4n) is 0.670. The zero-order valence-corrected chi connectivity index (χ0v) is 13.1. The van der Waals surface area contributed by atoms with Crippen LogP contribution in [0.4, 0.5) is 0 Å². The molecule has 0 aromatic rings. The molecule has 0 aromatic carbocycles. The SMILES string of the molecule is O=C([O-])CCCO.O=C([O-])CCCO.O=C([O-])CCCO.[Fe+3]. The number of aliphatic hydroxyl groups excluding tert-OH is 3. The van der Waals surface area contributed by atoms with Gasteiger partial charge < -0.3 is 45.0 Å². The quantitative estimate of drug-likeness (QED) is 0.339. The molecule has 0 saturated carbocycles. The van der Waals surface area contributed by atoms with Crippen LogP contribution < -0.4 is 15.3 Å². The minimum atomic E-state index is -1.10. The van der Waals surface area contributed by atoms with Gasteiger partial charge in [-0.2, -0.15) is 0 Å². The molecule has 1 radical (unpaired) electrons. The second kappa shape index (κ2) is 24.8. The normalized spacial score (nSPS) is 8.32. The van der Waals surface area contributed by atoms with Crippen LogP contribution >= 0.6 is 0 Å². The summed E-state index contributed by atoms with van der Waals surface area (Å²) in [7, 11) is 0. The van der Waals surface area contributed by atoms with Crippen molar-refractivity contribution in [3.8, 4) is 0 Å². The molecule has 0 rings (SSSR count). The maximum atomic E-state index is 9.54. The zero-order chi connectivity index (χ0) is 17.1. The largest absolute Gasteiger partial charge is 3.00 e. The molecule has 131 valence electrons. The van der Waals surface area contributed by atoms with E-state index in [-0.39, 0.29) is 56.2 Å². The average Bonchev–Trinajstić information content (AvgIpc) is 2.41. The Morgan fingerprint density at radius 1 is 0.591 bits per heavy atom. The monoisotopic (exact) mass is 365 g/mol. The van der Waals surface area contributed by atoms with Gasteiger partial charge in [-0.05, 0) is 38.5 Å². The van der Waals surface area contributed by atoms with Gasteiger partial charge in [-0.1, -0.05) is 0 Å². The number of carboxylic acids is 3. The molecule has 0 aliphatic heterocycles. The van der Waals surface area contributed by atoms with Crippen molar-refractivity contribution < 1.29 is 62.1 Å². The number of aliphatic carboxylic acids is 3. The summed E-state index contributed by atoms with van der Waals surface area (Å²) in [4.78, 5) is 28.6. The number of rotatable bonds is 9. The van der Waals surface area contributed by atoms with Crippen molar-refractivity contribution in [3.05, 3.63) is 0 Å². The second-order valence-corrected chi connectivity index (χ2v) is 3.60. The maximum Gasteiger partial charge on any atom is 3.00 e. The van der Waals surface area contributed by atoms with Crippen molar-refractivity contribution in [2.45, 2.75) is 38.5 Å². The van der Waals surface area contributed by atoms with Gasteiger partial charge in [0.2, 0.25) is 0 Å². The van der Waals surface area contributed by atoms with E-state index >= 15 is 0 Å². The van der Waals surface area contributed by atoms with E-state index in [9.17, 15) is 29.7 Å². The van der Waals surface area contributed by atoms with Gasteiger partial charge in [0.1, 0.15) is 0 Å². The molecule has 9 nitrogen and oxygen atoms in total. The van der Waals surface area contributed by atoms with Crippen LogP contribution in [0.5, 0.6) is 0 Å². The minimum Gasteiger partial charge on any atom is -0.550 e. The first kappa shape index (κ1) is 28.9. The maximum absolute atomic E-state index is 9.54. The van der Waals surface area contributed by atoms with Crippen molar-refractivity contribution in [2.75, 3.05) is 19.8 Å². The van der Waals surface area contributed by atoms with Gasteiger partial charge in [-0.3, -0.25) is 0 Å². The Bertz CT molecular complexity index is 229. The van der Waals surface area contributed by atoms with Crippen LogP contribution in [-0.4, -0.2) is 53.0 Å². The van der Waals surface area contributed by atoms with Gasteiger partial charge in [0.15, 0.2) is 0 Å². The Balaban J connectivity index is -0.000000108. The summed E-state index contributed by atoms with van der Waals surface area (Å²) < 4.78 is 0. The van der Waals surface area contributed by atoms with Crippen LogP contribution in [0.15, 0.2) is 0 Å². The van der Waals surface area contributed by atoms with Crippen molar-refractivity contribution in [1.82, 2.24) is 0 Å². The third-order valence-corrected chi connectivity index (χ3v) is 1.62. The Labute approximate surface area is 139 Å². The van der Waals surface area contributed by atoms with E-state index in [2.05, 4.69) is 0 Å². The molecule has 0 amide bonds. The van der Waals surface area contributed by atoms with Crippen LogP contribution in [0.25, 0.3) is 0 Å². The topological polar surface area (TPSA) is 181 Å². The summed E-state index contributed by atoms with van der Waals surface area (Å²) in [5.41, 5.74) is 0. The molecule has 0 bridgehead atoms. The predicted octanol–water partition coefficient (Wildman–Crippen LogP) is -4.48. The first-order valence-corrected chi connectivity index (χ1v) is 6.23. The molecule has 0 atom stereocenters. The summed E-state index contributed by atoms with van der Waals surface area (Å²) in [6, 6.07) is 0. The van der Waals surface area contributed by atoms with Crippen LogP contribution in [-0.2, 0) is 31.5 Å². The fraction of sp³-hybridized carbons (Fsp3) is 0.750. The zero-order valence-electron chi connectivity index (χ0n) is 12.0. The molecule has 22 heavy (non-hydrogen) atoms. The van der Waals surface area contributed by atoms with Crippen LogP contribution in [0.2, 0.25) is 0 Å². The van der Waals surface area contributed by atoms with E-state index in [1.54, 1.807) is 0 Å². The van der Waals surface area contributed by atoms with Gasteiger partial charge in [-0.15, -0.1) is 0 Å². The number of hydrogen-bond donors (Lipinski definition) is 3. The van der Waals surface area contributed by atoms with Gasteiger partial charge in [0, 0.05) is 37.7 Å². The van der Waals surface area contributed by atoms with Crippen LogP contribution in [0, 0.1) is 0 Å². The van der Waals surface area contributed by atoms with E-state index in [0.29, 0.717) is 19.3 Å². The first-order chi connectivity index (χ1) is 9.81. The van der Waals surface area contributed by atoms with Gasteiger partial charge >= 0.3 is 17.1 Å². The molecular formula is C12H21FeO9. The fourth-order valence-corrected chi connectivity index (χ4v) is 0.670. The molecule has 0 saturated heterocycles. The van der Waals surface area contributed by atoms with E-state index in [1.807, 2.05) is 0 Å². The third kappa shape index (κ3) is 51.1.